The summed E-state index contributed by atoms with van der Waals surface area (Å²) in [6.07, 6.45) is 4.82. The van der Waals surface area contributed by atoms with Gasteiger partial charge >= 0.3 is 0 Å². The van der Waals surface area contributed by atoms with Crippen molar-refractivity contribution in [3.63, 3.8) is 0 Å². The lowest BCUT2D eigenvalue weighted by atomic mass is 9.93. The van der Waals surface area contributed by atoms with Crippen LogP contribution in [0.4, 0.5) is 0 Å². The molecule has 0 aliphatic heterocycles. The minimum atomic E-state index is 0.0994. The molecule has 2 heteroatoms. The molecule has 0 fully saturated rings. The smallest absolute Gasteiger partial charge is 0.143 e. The van der Waals surface area contributed by atoms with Crippen molar-refractivity contribution >= 4 is 12.1 Å². The Morgan fingerprint density at radius 2 is 2.08 bits per heavy atom. The van der Waals surface area contributed by atoms with Crippen LogP contribution >= 0.6 is 0 Å². The lowest BCUT2D eigenvalue weighted by Gasteiger charge is -2.10. The van der Waals surface area contributed by atoms with Crippen molar-refractivity contribution in [2.75, 3.05) is 0 Å². The predicted molar refractivity (Wildman–Crippen MR) is 49.0 cm³/mol. The lowest BCUT2D eigenvalue weighted by Crippen LogP contribution is -2.13. The third-order valence-corrected chi connectivity index (χ3v) is 2.14. The van der Waals surface area contributed by atoms with E-state index in [1.807, 2.05) is 6.92 Å². The first-order valence-corrected chi connectivity index (χ1v) is 4.72. The quantitative estimate of drug-likeness (QED) is 0.434. The van der Waals surface area contributed by atoms with Gasteiger partial charge in [-0.25, -0.2) is 0 Å². The third kappa shape index (κ3) is 4.27. The van der Waals surface area contributed by atoms with Gasteiger partial charge in [0.25, 0.3) is 0 Å². The van der Waals surface area contributed by atoms with Gasteiger partial charge in [-0.15, -0.1) is 0 Å². The highest BCUT2D eigenvalue weighted by atomic mass is 16.1. The SMILES string of the molecule is CCCCC(CC)C(=O)CC=O. The molecule has 0 saturated carbocycles. The second kappa shape index (κ2) is 7.01. The topological polar surface area (TPSA) is 34.1 Å². The van der Waals surface area contributed by atoms with Crippen molar-refractivity contribution in [2.24, 2.45) is 5.92 Å². The average Bonchev–Trinajstić information content (AvgIpc) is 2.06. The van der Waals surface area contributed by atoms with Crippen molar-refractivity contribution in [2.45, 2.75) is 46.0 Å². The number of aldehydes is 1. The van der Waals surface area contributed by atoms with Gasteiger partial charge in [-0.05, 0) is 12.8 Å². The molecule has 70 valence electrons. The Balaban J connectivity index is 3.78. The Bertz CT molecular complexity index is 141. The van der Waals surface area contributed by atoms with E-state index in [4.69, 9.17) is 0 Å². The fourth-order valence-electron chi connectivity index (χ4n) is 1.29. The Labute approximate surface area is 74.3 Å². The average molecular weight is 170 g/mol. The molecule has 12 heavy (non-hydrogen) atoms. The molecule has 0 rings (SSSR count). The van der Waals surface area contributed by atoms with E-state index < -0.39 is 0 Å². The number of carbonyl (C=O) groups is 2. The molecular weight excluding hydrogens is 152 g/mol. The van der Waals surface area contributed by atoms with Gasteiger partial charge in [-0.2, -0.15) is 0 Å². The molecule has 0 heterocycles. The molecule has 0 aliphatic rings. The second-order valence-corrected chi connectivity index (χ2v) is 3.08. The monoisotopic (exact) mass is 170 g/mol. The minimum absolute atomic E-state index is 0.0994. The van der Waals surface area contributed by atoms with Gasteiger partial charge in [-0.1, -0.05) is 26.7 Å². The molecule has 1 atom stereocenters. The fraction of sp³-hybridized carbons (Fsp3) is 0.800. The van der Waals surface area contributed by atoms with Crippen molar-refractivity contribution in [1.82, 2.24) is 0 Å². The van der Waals surface area contributed by atoms with E-state index in [-0.39, 0.29) is 18.1 Å². The molecule has 0 aromatic carbocycles. The van der Waals surface area contributed by atoms with Gasteiger partial charge in [-0.3, -0.25) is 4.79 Å². The summed E-state index contributed by atoms with van der Waals surface area (Å²) in [7, 11) is 0. The molecule has 0 N–H and O–H groups in total. The number of Topliss-reactive ketones (excluding diaryl/α,β-unsaturated/α-hetero) is 1. The van der Waals surface area contributed by atoms with Crippen LogP contribution in [0.1, 0.15) is 46.0 Å². The van der Waals surface area contributed by atoms with Crippen molar-refractivity contribution < 1.29 is 9.59 Å². The number of ketones is 1. The van der Waals surface area contributed by atoms with E-state index in [2.05, 4.69) is 6.92 Å². The summed E-state index contributed by atoms with van der Waals surface area (Å²) in [6, 6.07) is 0. The van der Waals surface area contributed by atoms with Gasteiger partial charge in [0.2, 0.25) is 0 Å². The molecule has 2 nitrogen and oxygen atoms in total. The summed E-state index contributed by atoms with van der Waals surface area (Å²) in [6.45, 7) is 4.11. The maximum absolute atomic E-state index is 11.2. The Morgan fingerprint density at radius 1 is 1.42 bits per heavy atom. The van der Waals surface area contributed by atoms with Crippen LogP contribution in [0.2, 0.25) is 0 Å². The lowest BCUT2D eigenvalue weighted by molar-refractivity contribution is -0.125. The molecule has 0 aliphatic carbocycles. The second-order valence-electron chi connectivity index (χ2n) is 3.08. The highest BCUT2D eigenvalue weighted by molar-refractivity contribution is 5.91. The van der Waals surface area contributed by atoms with Gasteiger partial charge in [0.05, 0.1) is 6.42 Å². The fourth-order valence-corrected chi connectivity index (χ4v) is 1.29. The summed E-state index contributed by atoms with van der Waals surface area (Å²) in [5.41, 5.74) is 0. The van der Waals surface area contributed by atoms with Crippen LogP contribution in [0, 0.1) is 5.92 Å². The highest BCUT2D eigenvalue weighted by Crippen LogP contribution is 2.14. The molecule has 0 aromatic heterocycles. The van der Waals surface area contributed by atoms with E-state index in [0.29, 0.717) is 6.29 Å². The Kier molecular flexibility index (Phi) is 6.63. The molecule has 0 spiro atoms. The van der Waals surface area contributed by atoms with E-state index in [1.165, 1.54) is 0 Å². The molecule has 0 radical (unpaired) electrons. The summed E-state index contributed by atoms with van der Waals surface area (Å²) >= 11 is 0. The zero-order chi connectivity index (χ0) is 9.40. The van der Waals surface area contributed by atoms with Crippen LogP contribution < -0.4 is 0 Å². The summed E-state index contributed by atoms with van der Waals surface area (Å²) in [4.78, 5) is 21.3. The third-order valence-electron chi connectivity index (χ3n) is 2.14. The minimum Gasteiger partial charge on any atom is -0.303 e. The molecule has 0 aromatic rings. The van der Waals surface area contributed by atoms with Gasteiger partial charge < -0.3 is 4.79 Å². The van der Waals surface area contributed by atoms with E-state index in [9.17, 15) is 9.59 Å². The van der Waals surface area contributed by atoms with Crippen molar-refractivity contribution in [3.8, 4) is 0 Å². The van der Waals surface area contributed by atoms with Crippen LogP contribution in [-0.4, -0.2) is 12.1 Å². The first-order chi connectivity index (χ1) is 5.76. The van der Waals surface area contributed by atoms with Gasteiger partial charge in [0, 0.05) is 5.92 Å². The zero-order valence-electron chi connectivity index (χ0n) is 8.01. The molecule has 0 bridgehead atoms. The zero-order valence-corrected chi connectivity index (χ0v) is 8.01. The van der Waals surface area contributed by atoms with Crippen molar-refractivity contribution in [3.05, 3.63) is 0 Å². The summed E-state index contributed by atoms with van der Waals surface area (Å²) < 4.78 is 0. The van der Waals surface area contributed by atoms with Crippen molar-refractivity contribution in [1.29, 1.82) is 0 Å². The predicted octanol–water partition coefficient (Wildman–Crippen LogP) is 2.36. The van der Waals surface area contributed by atoms with Crippen LogP contribution in [0.25, 0.3) is 0 Å². The van der Waals surface area contributed by atoms with Gasteiger partial charge in [0.1, 0.15) is 12.1 Å². The number of carbonyl (C=O) groups excluding carboxylic acids is 2. The molecule has 1 unspecified atom stereocenters. The summed E-state index contributed by atoms with van der Waals surface area (Å²) in [5, 5.41) is 0. The maximum Gasteiger partial charge on any atom is 0.143 e. The first-order valence-electron chi connectivity index (χ1n) is 4.72. The van der Waals surface area contributed by atoms with Gasteiger partial charge in [0.15, 0.2) is 0 Å². The Hall–Kier alpha value is -0.660. The maximum atomic E-state index is 11.2. The molecule has 0 amide bonds. The van der Waals surface area contributed by atoms with E-state index >= 15 is 0 Å². The summed E-state index contributed by atoms with van der Waals surface area (Å²) in [5.74, 6) is 0.233. The number of hydrogen-bond acceptors (Lipinski definition) is 2. The van der Waals surface area contributed by atoms with Crippen LogP contribution in [-0.2, 0) is 9.59 Å². The van der Waals surface area contributed by atoms with E-state index in [0.717, 1.165) is 25.7 Å². The number of unbranched alkanes of at least 4 members (excludes halogenated alkanes) is 1. The number of rotatable bonds is 7. The normalized spacial score (nSPS) is 12.5. The van der Waals surface area contributed by atoms with Crippen LogP contribution in [0.5, 0.6) is 0 Å². The van der Waals surface area contributed by atoms with Crippen LogP contribution in [0.15, 0.2) is 0 Å². The number of hydrogen-bond donors (Lipinski definition) is 0. The molecular formula is C10H18O2. The highest BCUT2D eigenvalue weighted by Gasteiger charge is 2.14. The Morgan fingerprint density at radius 3 is 2.50 bits per heavy atom. The standard InChI is InChI=1S/C10H18O2/c1-3-5-6-9(4-2)10(12)7-8-11/h8-9H,3-7H2,1-2H3. The first kappa shape index (κ1) is 11.3. The van der Waals surface area contributed by atoms with E-state index in [1.54, 1.807) is 0 Å². The van der Waals surface area contributed by atoms with Crippen LogP contribution in [0.3, 0.4) is 0 Å². The molecule has 0 saturated heterocycles. The largest absolute Gasteiger partial charge is 0.303 e.